The first-order valence-corrected chi connectivity index (χ1v) is 6.28. The van der Waals surface area contributed by atoms with Gasteiger partial charge in [0.25, 0.3) is 0 Å². The molecule has 2 amide bonds. The summed E-state index contributed by atoms with van der Waals surface area (Å²) < 4.78 is 0. The maximum absolute atomic E-state index is 11.7. The summed E-state index contributed by atoms with van der Waals surface area (Å²) in [6, 6.07) is 2.92. The van der Waals surface area contributed by atoms with E-state index in [9.17, 15) is 14.9 Å². The normalized spacial score (nSPS) is 15.9. The quantitative estimate of drug-likeness (QED) is 0.474. The zero-order chi connectivity index (χ0) is 13.1. The van der Waals surface area contributed by atoms with Crippen molar-refractivity contribution in [1.82, 2.24) is 9.91 Å². The van der Waals surface area contributed by atoms with Crippen molar-refractivity contribution >= 4 is 28.6 Å². The van der Waals surface area contributed by atoms with Gasteiger partial charge >= 0.3 is 11.0 Å². The van der Waals surface area contributed by atoms with Gasteiger partial charge in [-0.2, -0.15) is 5.10 Å². The minimum Gasteiger partial charge on any atom is -0.322 e. The van der Waals surface area contributed by atoms with Gasteiger partial charge in [-0.05, 0) is 13.0 Å². The van der Waals surface area contributed by atoms with Crippen molar-refractivity contribution < 1.29 is 9.72 Å². The van der Waals surface area contributed by atoms with E-state index < -0.39 is 4.92 Å². The number of hydrogen-bond donors (Lipinski definition) is 0. The predicted octanol–water partition coefficient (Wildman–Crippen LogP) is 1.75. The van der Waals surface area contributed by atoms with E-state index in [1.807, 2.05) is 6.92 Å². The predicted molar refractivity (Wildman–Crippen MR) is 67.9 cm³/mol. The number of thiophene rings is 1. The Morgan fingerprint density at radius 1 is 1.56 bits per heavy atom. The molecule has 0 saturated carbocycles. The van der Waals surface area contributed by atoms with E-state index in [2.05, 4.69) is 5.10 Å². The molecule has 2 rings (SSSR count). The number of urea groups is 1. The van der Waals surface area contributed by atoms with Crippen LogP contribution in [0.5, 0.6) is 0 Å². The third-order valence-corrected chi connectivity index (χ3v) is 3.54. The first-order valence-electron chi connectivity index (χ1n) is 5.46. The topological polar surface area (TPSA) is 79.1 Å². The lowest BCUT2D eigenvalue weighted by Crippen LogP contribution is -2.28. The van der Waals surface area contributed by atoms with E-state index in [-0.39, 0.29) is 11.0 Å². The van der Waals surface area contributed by atoms with E-state index in [0.29, 0.717) is 24.5 Å². The summed E-state index contributed by atoms with van der Waals surface area (Å²) in [5, 5.41) is 16.0. The molecule has 0 radical (unpaired) electrons. The molecule has 1 saturated heterocycles. The van der Waals surface area contributed by atoms with Crippen molar-refractivity contribution in [3.63, 3.8) is 0 Å². The second kappa shape index (κ2) is 5.13. The number of nitro groups is 1. The van der Waals surface area contributed by atoms with Crippen LogP contribution in [0.1, 0.15) is 11.8 Å². The van der Waals surface area contributed by atoms with Gasteiger partial charge in [0.2, 0.25) is 0 Å². The van der Waals surface area contributed by atoms with E-state index in [1.165, 1.54) is 17.3 Å². The fraction of sp³-hybridized carbons (Fsp3) is 0.400. The van der Waals surface area contributed by atoms with Crippen LogP contribution in [0.2, 0.25) is 0 Å². The molecule has 1 aromatic rings. The van der Waals surface area contributed by atoms with E-state index in [1.54, 1.807) is 11.0 Å². The first-order chi connectivity index (χ1) is 8.61. The average Bonchev–Trinajstić information content (AvgIpc) is 2.93. The Labute approximate surface area is 107 Å². The number of carbonyl (C=O) groups excluding carboxylic acids is 1. The molecular formula is C10H12N4O3S. The molecule has 0 aromatic carbocycles. The average molecular weight is 268 g/mol. The number of rotatable bonds is 4. The lowest BCUT2D eigenvalue weighted by Gasteiger charge is -2.12. The summed E-state index contributed by atoms with van der Waals surface area (Å²) in [5.41, 5.74) is 0. The van der Waals surface area contributed by atoms with Crippen LogP contribution in [-0.2, 0) is 0 Å². The maximum atomic E-state index is 11.7. The largest absolute Gasteiger partial charge is 0.340 e. The Bertz CT molecular complexity index is 499. The third-order valence-electron chi connectivity index (χ3n) is 2.57. The van der Waals surface area contributed by atoms with Gasteiger partial charge in [0.1, 0.15) is 0 Å². The zero-order valence-corrected chi connectivity index (χ0v) is 10.6. The number of hydrazone groups is 1. The second-order valence-electron chi connectivity index (χ2n) is 3.66. The van der Waals surface area contributed by atoms with Gasteiger partial charge < -0.3 is 4.90 Å². The van der Waals surface area contributed by atoms with Crippen molar-refractivity contribution in [3.05, 3.63) is 27.1 Å². The highest BCUT2D eigenvalue weighted by Crippen LogP contribution is 2.22. The summed E-state index contributed by atoms with van der Waals surface area (Å²) >= 11 is 1.03. The summed E-state index contributed by atoms with van der Waals surface area (Å²) in [6.45, 7) is 3.79. The monoisotopic (exact) mass is 268 g/mol. The van der Waals surface area contributed by atoms with Crippen molar-refractivity contribution in [2.45, 2.75) is 6.92 Å². The molecule has 8 heteroatoms. The van der Waals surface area contributed by atoms with Crippen LogP contribution in [0.4, 0.5) is 9.80 Å². The van der Waals surface area contributed by atoms with E-state index in [4.69, 9.17) is 0 Å². The molecule has 0 atom stereocenters. The third kappa shape index (κ3) is 2.48. The van der Waals surface area contributed by atoms with Crippen LogP contribution >= 0.6 is 11.3 Å². The van der Waals surface area contributed by atoms with Crippen LogP contribution in [-0.4, -0.2) is 46.7 Å². The molecule has 1 aliphatic rings. The highest BCUT2D eigenvalue weighted by molar-refractivity contribution is 7.16. The molecule has 1 fully saturated rings. The minimum absolute atomic E-state index is 0.0689. The lowest BCUT2D eigenvalue weighted by molar-refractivity contribution is -0.380. The maximum Gasteiger partial charge on any atom is 0.340 e. The molecular weight excluding hydrogens is 256 g/mol. The van der Waals surface area contributed by atoms with Crippen LogP contribution in [0, 0.1) is 10.1 Å². The molecule has 0 spiro atoms. The SMILES string of the molecule is CCN1CCN(N=Cc2ccc([N+](=O)[O-])s2)C1=O. The van der Waals surface area contributed by atoms with Gasteiger partial charge in [0.15, 0.2) is 0 Å². The van der Waals surface area contributed by atoms with Crippen LogP contribution in [0.15, 0.2) is 17.2 Å². The van der Waals surface area contributed by atoms with Crippen LogP contribution in [0.25, 0.3) is 0 Å². The van der Waals surface area contributed by atoms with Crippen LogP contribution in [0.3, 0.4) is 0 Å². The summed E-state index contributed by atoms with van der Waals surface area (Å²) in [5.74, 6) is 0. The highest BCUT2D eigenvalue weighted by Gasteiger charge is 2.26. The molecule has 18 heavy (non-hydrogen) atoms. The number of carbonyl (C=O) groups is 1. The van der Waals surface area contributed by atoms with E-state index in [0.717, 1.165) is 11.3 Å². The lowest BCUT2D eigenvalue weighted by atomic mass is 10.5. The Morgan fingerprint density at radius 2 is 2.33 bits per heavy atom. The van der Waals surface area contributed by atoms with Gasteiger partial charge in [-0.25, -0.2) is 9.80 Å². The Morgan fingerprint density at radius 3 is 2.89 bits per heavy atom. The van der Waals surface area contributed by atoms with Gasteiger partial charge in [0.05, 0.1) is 22.6 Å². The smallest absolute Gasteiger partial charge is 0.322 e. The molecule has 0 N–H and O–H groups in total. The van der Waals surface area contributed by atoms with Crippen molar-refractivity contribution in [1.29, 1.82) is 0 Å². The summed E-state index contributed by atoms with van der Waals surface area (Å²) in [4.78, 5) is 24.1. The Kier molecular flexibility index (Phi) is 3.56. The number of amides is 2. The van der Waals surface area contributed by atoms with Gasteiger partial charge in [0, 0.05) is 19.2 Å². The van der Waals surface area contributed by atoms with Gasteiger partial charge in [-0.1, -0.05) is 11.3 Å². The molecule has 0 bridgehead atoms. The molecule has 0 aliphatic carbocycles. The van der Waals surface area contributed by atoms with E-state index >= 15 is 0 Å². The molecule has 0 unspecified atom stereocenters. The molecule has 96 valence electrons. The van der Waals surface area contributed by atoms with Crippen molar-refractivity contribution in [2.75, 3.05) is 19.6 Å². The Balaban J connectivity index is 2.02. The highest BCUT2D eigenvalue weighted by atomic mass is 32.1. The molecule has 7 nitrogen and oxygen atoms in total. The fourth-order valence-electron chi connectivity index (χ4n) is 1.61. The van der Waals surface area contributed by atoms with Gasteiger partial charge in [-0.3, -0.25) is 10.1 Å². The number of hydrogen-bond acceptors (Lipinski definition) is 5. The van der Waals surface area contributed by atoms with Gasteiger partial charge in [-0.15, -0.1) is 0 Å². The van der Waals surface area contributed by atoms with Crippen molar-refractivity contribution in [2.24, 2.45) is 5.10 Å². The summed E-state index contributed by atoms with van der Waals surface area (Å²) in [6.07, 6.45) is 1.48. The second-order valence-corrected chi connectivity index (χ2v) is 4.76. The molecule has 1 aliphatic heterocycles. The first kappa shape index (κ1) is 12.5. The number of nitrogens with zero attached hydrogens (tertiary/aromatic N) is 4. The molecule has 1 aromatic heterocycles. The number of likely N-dealkylation sites (N-methyl/N-ethyl adjacent to an activating group) is 1. The Hall–Kier alpha value is -1.96. The van der Waals surface area contributed by atoms with Crippen LogP contribution < -0.4 is 0 Å². The fourth-order valence-corrected chi connectivity index (χ4v) is 2.29. The minimum atomic E-state index is -0.443. The van der Waals surface area contributed by atoms with Crippen molar-refractivity contribution in [3.8, 4) is 0 Å². The standard InChI is InChI=1S/C10H12N4O3S/c1-2-12-5-6-13(10(12)15)11-7-8-3-4-9(18-8)14(16)17/h3-4,7H,2,5-6H2,1H3. The zero-order valence-electron chi connectivity index (χ0n) is 9.78. The summed E-state index contributed by atoms with van der Waals surface area (Å²) in [7, 11) is 0. The molecule has 2 heterocycles.